The lowest BCUT2D eigenvalue weighted by atomic mass is 10.0. The summed E-state index contributed by atoms with van der Waals surface area (Å²) >= 11 is 0. The molecule has 0 bridgehead atoms. The first-order valence-corrected chi connectivity index (χ1v) is 7.01. The molecule has 0 saturated carbocycles. The van der Waals surface area contributed by atoms with Gasteiger partial charge in [0.1, 0.15) is 0 Å². The molecule has 0 spiro atoms. The average molecular weight is 253 g/mol. The molecule has 0 aromatic rings. The van der Waals surface area contributed by atoms with E-state index in [1.165, 1.54) is 6.42 Å². The van der Waals surface area contributed by atoms with Crippen molar-refractivity contribution in [3.8, 4) is 0 Å². The number of hydrogen-bond acceptors (Lipinski definition) is 2. The van der Waals surface area contributed by atoms with E-state index in [2.05, 4.69) is 6.92 Å². The molecule has 3 amide bonds. The van der Waals surface area contributed by atoms with Crippen molar-refractivity contribution in [3.05, 3.63) is 0 Å². The lowest BCUT2D eigenvalue weighted by molar-refractivity contribution is -0.119. The second-order valence-corrected chi connectivity index (χ2v) is 5.16. The van der Waals surface area contributed by atoms with Crippen molar-refractivity contribution in [2.75, 3.05) is 32.7 Å². The number of piperidine rings is 1. The molecule has 1 atom stereocenters. The van der Waals surface area contributed by atoms with Crippen molar-refractivity contribution >= 4 is 12.4 Å². The van der Waals surface area contributed by atoms with Crippen LogP contribution in [0, 0.1) is 0 Å². The monoisotopic (exact) mass is 253 g/mol. The Morgan fingerprint density at radius 1 is 1.17 bits per heavy atom. The van der Waals surface area contributed by atoms with Gasteiger partial charge in [-0.1, -0.05) is 6.92 Å². The van der Waals surface area contributed by atoms with Crippen molar-refractivity contribution < 1.29 is 9.59 Å². The molecule has 0 aromatic carbocycles. The van der Waals surface area contributed by atoms with E-state index < -0.39 is 0 Å². The fraction of sp³-hybridized carbons (Fsp3) is 0.846. The first kappa shape index (κ1) is 13.2. The second kappa shape index (κ2) is 6.07. The zero-order valence-electron chi connectivity index (χ0n) is 11.2. The van der Waals surface area contributed by atoms with Gasteiger partial charge < -0.3 is 14.7 Å². The van der Waals surface area contributed by atoms with E-state index in [9.17, 15) is 9.59 Å². The predicted octanol–water partition coefficient (Wildman–Crippen LogP) is 1.14. The Balaban J connectivity index is 1.92. The number of hydrogen-bond donors (Lipinski definition) is 0. The van der Waals surface area contributed by atoms with Gasteiger partial charge in [0.15, 0.2) is 0 Å². The molecule has 2 saturated heterocycles. The zero-order chi connectivity index (χ0) is 13.0. The Hall–Kier alpha value is -1.26. The van der Waals surface area contributed by atoms with Gasteiger partial charge in [-0.3, -0.25) is 4.79 Å². The Labute approximate surface area is 109 Å². The molecular weight excluding hydrogens is 230 g/mol. The molecule has 0 N–H and O–H groups in total. The van der Waals surface area contributed by atoms with E-state index in [-0.39, 0.29) is 6.03 Å². The summed E-state index contributed by atoms with van der Waals surface area (Å²) in [7, 11) is 0. The minimum atomic E-state index is 0.173. The lowest BCUT2D eigenvalue weighted by Crippen LogP contribution is -2.55. The van der Waals surface area contributed by atoms with Gasteiger partial charge in [-0.05, 0) is 25.7 Å². The van der Waals surface area contributed by atoms with Crippen LogP contribution in [0.15, 0.2) is 0 Å². The molecule has 18 heavy (non-hydrogen) atoms. The van der Waals surface area contributed by atoms with E-state index in [0.29, 0.717) is 32.2 Å². The van der Waals surface area contributed by atoms with E-state index in [1.54, 1.807) is 4.90 Å². The van der Waals surface area contributed by atoms with Crippen LogP contribution in [-0.2, 0) is 4.79 Å². The van der Waals surface area contributed by atoms with E-state index in [4.69, 9.17) is 0 Å². The lowest BCUT2D eigenvalue weighted by Gasteiger charge is -2.41. The van der Waals surface area contributed by atoms with Crippen LogP contribution in [0.2, 0.25) is 0 Å². The molecule has 0 aliphatic carbocycles. The third-order valence-electron chi connectivity index (χ3n) is 4.08. The van der Waals surface area contributed by atoms with Crippen molar-refractivity contribution in [2.45, 2.75) is 38.6 Å². The van der Waals surface area contributed by atoms with Gasteiger partial charge in [0.2, 0.25) is 6.41 Å². The molecule has 0 aromatic heterocycles. The smallest absolute Gasteiger partial charge is 0.320 e. The van der Waals surface area contributed by atoms with Gasteiger partial charge in [0.25, 0.3) is 0 Å². The maximum atomic E-state index is 12.5. The van der Waals surface area contributed by atoms with Crippen molar-refractivity contribution in [1.29, 1.82) is 0 Å². The average Bonchev–Trinajstić information content (AvgIpc) is 2.46. The number of likely N-dealkylation sites (tertiary alicyclic amines) is 1. The number of carbonyl (C=O) groups is 2. The van der Waals surface area contributed by atoms with Crippen molar-refractivity contribution in [1.82, 2.24) is 14.7 Å². The number of rotatable bonds is 2. The first-order valence-electron chi connectivity index (χ1n) is 7.01. The highest BCUT2D eigenvalue weighted by Gasteiger charge is 2.30. The van der Waals surface area contributed by atoms with Crippen molar-refractivity contribution in [2.24, 2.45) is 0 Å². The standard InChI is InChI=1S/C13H23N3O2/c1-2-12-5-3-4-6-16(12)13(18)15-9-7-14(11-17)8-10-15/h11-12H,2-10H2,1H3. The van der Waals surface area contributed by atoms with E-state index in [1.807, 2.05) is 9.80 Å². The third-order valence-corrected chi connectivity index (χ3v) is 4.08. The topological polar surface area (TPSA) is 43.9 Å². The van der Waals surface area contributed by atoms with Gasteiger partial charge in [-0.25, -0.2) is 4.79 Å². The quantitative estimate of drug-likeness (QED) is 0.693. The maximum absolute atomic E-state index is 12.5. The summed E-state index contributed by atoms with van der Waals surface area (Å²) in [5.74, 6) is 0. The summed E-state index contributed by atoms with van der Waals surface area (Å²) in [5.41, 5.74) is 0. The third kappa shape index (κ3) is 2.76. The highest BCUT2D eigenvalue weighted by Crippen LogP contribution is 2.21. The summed E-state index contributed by atoms with van der Waals surface area (Å²) in [6.07, 6.45) is 5.41. The fourth-order valence-corrected chi connectivity index (χ4v) is 2.88. The molecule has 2 rings (SSSR count). The van der Waals surface area contributed by atoms with Gasteiger partial charge in [-0.2, -0.15) is 0 Å². The summed E-state index contributed by atoms with van der Waals surface area (Å²) in [4.78, 5) is 28.8. The van der Waals surface area contributed by atoms with Crippen LogP contribution in [0.3, 0.4) is 0 Å². The maximum Gasteiger partial charge on any atom is 0.320 e. The van der Waals surface area contributed by atoms with Crippen LogP contribution in [0.5, 0.6) is 0 Å². The van der Waals surface area contributed by atoms with E-state index >= 15 is 0 Å². The molecule has 2 aliphatic heterocycles. The van der Waals surface area contributed by atoms with Gasteiger partial charge >= 0.3 is 6.03 Å². The largest absolute Gasteiger partial charge is 0.342 e. The molecule has 2 aliphatic rings. The van der Waals surface area contributed by atoms with Gasteiger partial charge in [0.05, 0.1) is 0 Å². The highest BCUT2D eigenvalue weighted by atomic mass is 16.2. The van der Waals surface area contributed by atoms with Crippen LogP contribution < -0.4 is 0 Å². The minimum absolute atomic E-state index is 0.173. The molecule has 5 heteroatoms. The number of urea groups is 1. The van der Waals surface area contributed by atoms with Crippen LogP contribution in [0.4, 0.5) is 4.79 Å². The molecule has 2 fully saturated rings. The summed E-state index contributed by atoms with van der Waals surface area (Å²) in [6, 6.07) is 0.586. The van der Waals surface area contributed by atoms with Crippen LogP contribution in [0.25, 0.3) is 0 Å². The normalized spacial score (nSPS) is 25.2. The molecule has 2 heterocycles. The summed E-state index contributed by atoms with van der Waals surface area (Å²) < 4.78 is 0. The fourth-order valence-electron chi connectivity index (χ4n) is 2.88. The molecule has 5 nitrogen and oxygen atoms in total. The van der Waals surface area contributed by atoms with Crippen LogP contribution >= 0.6 is 0 Å². The second-order valence-electron chi connectivity index (χ2n) is 5.16. The van der Waals surface area contributed by atoms with Crippen molar-refractivity contribution in [3.63, 3.8) is 0 Å². The zero-order valence-corrected chi connectivity index (χ0v) is 11.2. The SMILES string of the molecule is CCC1CCCCN1C(=O)N1CCN(C=O)CC1. The Kier molecular flexibility index (Phi) is 4.44. The Morgan fingerprint density at radius 3 is 2.50 bits per heavy atom. The Bertz CT molecular complexity index is 301. The summed E-state index contributed by atoms with van der Waals surface area (Å²) in [6.45, 7) is 5.72. The van der Waals surface area contributed by atoms with E-state index in [0.717, 1.165) is 32.2 Å². The van der Waals surface area contributed by atoms with Crippen LogP contribution in [0.1, 0.15) is 32.6 Å². The highest BCUT2D eigenvalue weighted by molar-refractivity contribution is 5.75. The van der Waals surface area contributed by atoms with Gasteiger partial charge in [0, 0.05) is 38.8 Å². The first-order chi connectivity index (χ1) is 8.76. The van der Waals surface area contributed by atoms with Crippen LogP contribution in [-0.4, -0.2) is 65.9 Å². The number of piperazine rings is 1. The van der Waals surface area contributed by atoms with Gasteiger partial charge in [-0.15, -0.1) is 0 Å². The molecule has 1 unspecified atom stereocenters. The number of nitrogens with zero attached hydrogens (tertiary/aromatic N) is 3. The number of amides is 3. The predicted molar refractivity (Wildman–Crippen MR) is 69.2 cm³/mol. The summed E-state index contributed by atoms with van der Waals surface area (Å²) in [5, 5.41) is 0. The molecule has 102 valence electrons. The number of carbonyl (C=O) groups excluding carboxylic acids is 2. The Morgan fingerprint density at radius 2 is 1.89 bits per heavy atom. The minimum Gasteiger partial charge on any atom is -0.342 e. The molecular formula is C13H23N3O2. The molecule has 0 radical (unpaired) electrons.